The molecular formula is C23H30N2O2. The van der Waals surface area contributed by atoms with Gasteiger partial charge in [-0.25, -0.2) is 0 Å². The van der Waals surface area contributed by atoms with Crippen LogP contribution in [0.3, 0.4) is 0 Å². The minimum absolute atomic E-state index is 0.126. The summed E-state index contributed by atoms with van der Waals surface area (Å²) in [5.41, 5.74) is 2.42. The van der Waals surface area contributed by atoms with Gasteiger partial charge in [0.1, 0.15) is 5.75 Å². The fourth-order valence-electron chi connectivity index (χ4n) is 3.56. The Morgan fingerprint density at radius 1 is 1.15 bits per heavy atom. The van der Waals surface area contributed by atoms with Crippen LogP contribution in [0.4, 0.5) is 5.69 Å². The molecule has 3 rings (SSSR count). The summed E-state index contributed by atoms with van der Waals surface area (Å²) in [5, 5.41) is 3.13. The molecule has 4 heteroatoms. The molecule has 4 nitrogen and oxygen atoms in total. The summed E-state index contributed by atoms with van der Waals surface area (Å²) in [5.74, 6) is 1.02. The molecule has 1 atom stereocenters. The smallest absolute Gasteiger partial charge is 0.220 e. The summed E-state index contributed by atoms with van der Waals surface area (Å²) in [4.78, 5) is 14.7. The van der Waals surface area contributed by atoms with Crippen LogP contribution in [0, 0.1) is 0 Å². The van der Waals surface area contributed by atoms with E-state index in [1.165, 1.54) is 17.7 Å². The monoisotopic (exact) mass is 366 g/mol. The number of ether oxygens (including phenoxy) is 1. The number of benzene rings is 2. The molecule has 2 aromatic rings. The Kier molecular flexibility index (Phi) is 7.14. The van der Waals surface area contributed by atoms with Gasteiger partial charge >= 0.3 is 0 Å². The first kappa shape index (κ1) is 19.3. The van der Waals surface area contributed by atoms with Gasteiger partial charge in [0.25, 0.3) is 0 Å². The van der Waals surface area contributed by atoms with Gasteiger partial charge in [0.05, 0.1) is 6.61 Å². The lowest BCUT2D eigenvalue weighted by Gasteiger charge is -2.27. The number of amides is 1. The lowest BCUT2D eigenvalue weighted by molar-refractivity contribution is -0.121. The molecule has 1 N–H and O–H groups in total. The number of carbonyl (C=O) groups is 1. The Morgan fingerprint density at radius 3 is 2.67 bits per heavy atom. The molecule has 1 aliphatic heterocycles. The molecule has 1 amide bonds. The van der Waals surface area contributed by atoms with Crippen LogP contribution in [0.25, 0.3) is 0 Å². The van der Waals surface area contributed by atoms with Crippen LogP contribution in [-0.2, 0) is 11.2 Å². The van der Waals surface area contributed by atoms with E-state index in [1.807, 2.05) is 30.3 Å². The van der Waals surface area contributed by atoms with Gasteiger partial charge in [0, 0.05) is 31.2 Å². The highest BCUT2D eigenvalue weighted by Gasteiger charge is 2.24. The fraction of sp³-hybridized carbons (Fsp3) is 0.435. The molecule has 2 aromatic carbocycles. The molecule has 1 heterocycles. The molecule has 0 aromatic heterocycles. The predicted molar refractivity (Wildman–Crippen MR) is 110 cm³/mol. The SMILES string of the molecule is CCCOc1ccc(CCC(=O)NCC2CCCN2c2ccccc2)cc1. The van der Waals surface area contributed by atoms with Crippen molar-refractivity contribution >= 4 is 11.6 Å². The summed E-state index contributed by atoms with van der Waals surface area (Å²) in [7, 11) is 0. The van der Waals surface area contributed by atoms with Crippen molar-refractivity contribution in [2.24, 2.45) is 0 Å². The zero-order valence-electron chi connectivity index (χ0n) is 16.2. The Labute approximate surface area is 162 Å². The molecule has 0 radical (unpaired) electrons. The van der Waals surface area contributed by atoms with E-state index in [0.717, 1.165) is 44.7 Å². The highest BCUT2D eigenvalue weighted by molar-refractivity contribution is 5.76. The van der Waals surface area contributed by atoms with Gasteiger partial charge in [-0.05, 0) is 55.5 Å². The Morgan fingerprint density at radius 2 is 1.93 bits per heavy atom. The number of hydrogen-bond acceptors (Lipinski definition) is 3. The minimum atomic E-state index is 0.126. The van der Waals surface area contributed by atoms with Crippen LogP contribution < -0.4 is 15.0 Å². The van der Waals surface area contributed by atoms with Crippen molar-refractivity contribution in [1.29, 1.82) is 0 Å². The third-order valence-corrected chi connectivity index (χ3v) is 5.04. The molecule has 0 bridgehead atoms. The molecule has 1 saturated heterocycles. The molecule has 27 heavy (non-hydrogen) atoms. The Bertz CT molecular complexity index is 700. The summed E-state index contributed by atoms with van der Waals surface area (Å²) >= 11 is 0. The average molecular weight is 367 g/mol. The van der Waals surface area contributed by atoms with Crippen LogP contribution in [0.1, 0.15) is 38.2 Å². The second-order valence-corrected chi connectivity index (χ2v) is 7.12. The van der Waals surface area contributed by atoms with Crippen molar-refractivity contribution in [2.45, 2.75) is 45.1 Å². The van der Waals surface area contributed by atoms with Gasteiger partial charge in [0.15, 0.2) is 0 Å². The van der Waals surface area contributed by atoms with Crippen LogP contribution in [0.15, 0.2) is 54.6 Å². The van der Waals surface area contributed by atoms with Crippen molar-refractivity contribution in [3.63, 3.8) is 0 Å². The number of rotatable bonds is 9. The van der Waals surface area contributed by atoms with Crippen LogP contribution in [0.5, 0.6) is 5.75 Å². The quantitative estimate of drug-likeness (QED) is 0.723. The lowest BCUT2D eigenvalue weighted by atomic mass is 10.1. The highest BCUT2D eigenvalue weighted by atomic mass is 16.5. The van der Waals surface area contributed by atoms with E-state index < -0.39 is 0 Å². The van der Waals surface area contributed by atoms with E-state index in [4.69, 9.17) is 4.74 Å². The molecular weight excluding hydrogens is 336 g/mol. The molecule has 1 unspecified atom stereocenters. The van der Waals surface area contributed by atoms with E-state index in [2.05, 4.69) is 41.4 Å². The second-order valence-electron chi connectivity index (χ2n) is 7.12. The molecule has 144 valence electrons. The fourth-order valence-corrected chi connectivity index (χ4v) is 3.56. The molecule has 0 spiro atoms. The van der Waals surface area contributed by atoms with Crippen LogP contribution in [-0.4, -0.2) is 31.6 Å². The van der Waals surface area contributed by atoms with E-state index >= 15 is 0 Å². The Balaban J connectivity index is 1.41. The number of nitrogens with zero attached hydrogens (tertiary/aromatic N) is 1. The minimum Gasteiger partial charge on any atom is -0.494 e. The summed E-state index contributed by atoms with van der Waals surface area (Å²) in [6.07, 6.45) is 4.60. The molecule has 1 fully saturated rings. The van der Waals surface area contributed by atoms with Gasteiger partial charge in [-0.15, -0.1) is 0 Å². The van der Waals surface area contributed by atoms with Crippen LogP contribution in [0.2, 0.25) is 0 Å². The lowest BCUT2D eigenvalue weighted by Crippen LogP contribution is -2.40. The number of aryl methyl sites for hydroxylation is 1. The maximum Gasteiger partial charge on any atom is 0.220 e. The van der Waals surface area contributed by atoms with E-state index in [9.17, 15) is 4.79 Å². The summed E-state index contributed by atoms with van der Waals surface area (Å²) in [6, 6.07) is 18.9. The van der Waals surface area contributed by atoms with Crippen molar-refractivity contribution in [3.05, 3.63) is 60.2 Å². The first-order valence-electron chi connectivity index (χ1n) is 10.1. The average Bonchev–Trinajstić information content (AvgIpc) is 3.19. The zero-order valence-corrected chi connectivity index (χ0v) is 16.2. The Hall–Kier alpha value is -2.49. The van der Waals surface area contributed by atoms with Gasteiger partial charge in [-0.2, -0.15) is 0 Å². The molecule has 0 aliphatic carbocycles. The van der Waals surface area contributed by atoms with Crippen molar-refractivity contribution in [2.75, 3.05) is 24.6 Å². The maximum atomic E-state index is 12.3. The van der Waals surface area contributed by atoms with Gasteiger partial charge < -0.3 is 15.0 Å². The first-order valence-corrected chi connectivity index (χ1v) is 10.1. The highest BCUT2D eigenvalue weighted by Crippen LogP contribution is 2.24. The largest absolute Gasteiger partial charge is 0.494 e. The third-order valence-electron chi connectivity index (χ3n) is 5.04. The standard InChI is InChI=1S/C23H30N2O2/c1-2-17-27-22-13-10-19(11-14-22)12-15-23(26)24-18-21-9-6-16-25(21)20-7-4-3-5-8-20/h3-5,7-8,10-11,13-14,21H,2,6,9,12,15-18H2,1H3,(H,24,26). The zero-order chi connectivity index (χ0) is 18.9. The topological polar surface area (TPSA) is 41.6 Å². The molecule has 1 aliphatic rings. The first-order chi connectivity index (χ1) is 13.3. The second kappa shape index (κ2) is 10.0. The van der Waals surface area contributed by atoms with E-state index in [1.54, 1.807) is 0 Å². The van der Waals surface area contributed by atoms with E-state index in [0.29, 0.717) is 12.5 Å². The van der Waals surface area contributed by atoms with Crippen molar-refractivity contribution in [3.8, 4) is 5.75 Å². The van der Waals surface area contributed by atoms with Gasteiger partial charge in [-0.1, -0.05) is 37.3 Å². The van der Waals surface area contributed by atoms with Gasteiger partial charge in [0.2, 0.25) is 5.91 Å². The normalized spacial score (nSPS) is 16.3. The van der Waals surface area contributed by atoms with Gasteiger partial charge in [-0.3, -0.25) is 4.79 Å². The number of nitrogens with one attached hydrogen (secondary N) is 1. The maximum absolute atomic E-state index is 12.3. The number of anilines is 1. The predicted octanol–water partition coefficient (Wildman–Crippen LogP) is 4.19. The summed E-state index contributed by atoms with van der Waals surface area (Å²) < 4.78 is 5.59. The van der Waals surface area contributed by atoms with Crippen LogP contribution >= 0.6 is 0 Å². The summed E-state index contributed by atoms with van der Waals surface area (Å²) in [6.45, 7) is 4.62. The number of carbonyl (C=O) groups excluding carboxylic acids is 1. The number of hydrogen-bond donors (Lipinski definition) is 1. The van der Waals surface area contributed by atoms with E-state index in [-0.39, 0.29) is 5.91 Å². The third kappa shape index (κ3) is 5.75. The number of para-hydroxylation sites is 1. The molecule has 0 saturated carbocycles. The van der Waals surface area contributed by atoms with Crippen molar-refractivity contribution < 1.29 is 9.53 Å². The van der Waals surface area contributed by atoms with Crippen molar-refractivity contribution in [1.82, 2.24) is 5.32 Å².